The maximum atomic E-state index is 13.0. The van der Waals surface area contributed by atoms with Crippen LogP contribution in [0.25, 0.3) is 6.08 Å². The Morgan fingerprint density at radius 3 is 2.47 bits per heavy atom. The zero-order chi connectivity index (χ0) is 23.4. The molecule has 32 heavy (non-hydrogen) atoms. The van der Waals surface area contributed by atoms with Crippen molar-refractivity contribution < 1.29 is 33.8 Å². The molecule has 1 aliphatic heterocycles. The highest BCUT2D eigenvalue weighted by Gasteiger charge is 2.36. The summed E-state index contributed by atoms with van der Waals surface area (Å²) in [5.41, 5.74) is 1.36. The smallest absolute Gasteiger partial charge is 0.341 e. The maximum Gasteiger partial charge on any atom is 0.341 e. The molecule has 0 spiro atoms. The van der Waals surface area contributed by atoms with E-state index in [-0.39, 0.29) is 22.1 Å². The van der Waals surface area contributed by atoms with Crippen LogP contribution in [0.1, 0.15) is 18.1 Å². The summed E-state index contributed by atoms with van der Waals surface area (Å²) >= 11 is 6.19. The minimum Gasteiger partial charge on any atom is -0.493 e. The normalized spacial score (nSPS) is 15.0. The molecule has 1 saturated heterocycles. The molecule has 0 aliphatic carbocycles. The van der Waals surface area contributed by atoms with Gasteiger partial charge in [0, 0.05) is 0 Å². The van der Waals surface area contributed by atoms with Crippen LogP contribution in [0.15, 0.2) is 42.0 Å². The van der Waals surface area contributed by atoms with Gasteiger partial charge in [0.2, 0.25) is 0 Å². The minimum absolute atomic E-state index is 0.00552. The second-order valence-electron chi connectivity index (χ2n) is 6.69. The van der Waals surface area contributed by atoms with Crippen LogP contribution >= 0.6 is 11.6 Å². The molecule has 10 heteroatoms. The highest BCUT2D eigenvalue weighted by Crippen LogP contribution is 2.37. The van der Waals surface area contributed by atoms with Crippen LogP contribution in [0.2, 0.25) is 5.02 Å². The fourth-order valence-electron chi connectivity index (χ4n) is 3.04. The van der Waals surface area contributed by atoms with Gasteiger partial charge in [-0.15, -0.1) is 0 Å². The van der Waals surface area contributed by atoms with Crippen LogP contribution in [-0.4, -0.2) is 42.6 Å². The number of rotatable bonds is 7. The van der Waals surface area contributed by atoms with Crippen molar-refractivity contribution in [1.29, 1.82) is 0 Å². The molecule has 1 aliphatic rings. The van der Waals surface area contributed by atoms with E-state index in [0.717, 1.165) is 16.9 Å². The number of hydrogen-bond acceptors (Lipinski definition) is 6. The predicted octanol–water partition coefficient (Wildman–Crippen LogP) is 3.04. The lowest BCUT2D eigenvalue weighted by atomic mass is 10.1. The molecule has 1 heterocycles. The molecular weight excluding hydrogens is 440 g/mol. The Labute approximate surface area is 188 Å². The van der Waals surface area contributed by atoms with Gasteiger partial charge in [0.15, 0.2) is 18.1 Å². The first-order valence-electron chi connectivity index (χ1n) is 9.47. The third-order valence-corrected chi connectivity index (χ3v) is 4.89. The first-order valence-corrected chi connectivity index (χ1v) is 9.85. The van der Waals surface area contributed by atoms with Gasteiger partial charge >= 0.3 is 12.0 Å². The lowest BCUT2D eigenvalue weighted by Gasteiger charge is -2.26. The molecule has 1 fully saturated rings. The monoisotopic (exact) mass is 458 g/mol. The maximum absolute atomic E-state index is 13.0. The van der Waals surface area contributed by atoms with Crippen molar-refractivity contribution >= 4 is 47.2 Å². The van der Waals surface area contributed by atoms with Gasteiger partial charge in [0.25, 0.3) is 11.8 Å². The number of imide groups is 2. The van der Waals surface area contributed by atoms with Crippen LogP contribution in [0.3, 0.4) is 0 Å². The zero-order valence-corrected chi connectivity index (χ0v) is 17.9. The second-order valence-corrected chi connectivity index (χ2v) is 7.10. The van der Waals surface area contributed by atoms with Gasteiger partial charge in [-0.05, 0) is 47.9 Å². The van der Waals surface area contributed by atoms with Crippen molar-refractivity contribution in [2.24, 2.45) is 0 Å². The van der Waals surface area contributed by atoms with E-state index in [2.05, 4.69) is 5.32 Å². The molecule has 0 unspecified atom stereocenters. The van der Waals surface area contributed by atoms with Crippen molar-refractivity contribution in [2.75, 3.05) is 18.6 Å². The number of hydrogen-bond donors (Lipinski definition) is 2. The summed E-state index contributed by atoms with van der Waals surface area (Å²) in [5.74, 6) is -2.74. The molecule has 2 aromatic carbocycles. The predicted molar refractivity (Wildman–Crippen MR) is 116 cm³/mol. The number of amides is 4. The van der Waals surface area contributed by atoms with Crippen molar-refractivity contribution in [1.82, 2.24) is 5.32 Å². The third kappa shape index (κ3) is 4.73. The first-order chi connectivity index (χ1) is 15.2. The average Bonchev–Trinajstić information content (AvgIpc) is 2.75. The van der Waals surface area contributed by atoms with Crippen LogP contribution in [0, 0.1) is 0 Å². The number of benzene rings is 2. The number of carbonyl (C=O) groups is 4. The molecule has 0 bridgehead atoms. The topological polar surface area (TPSA) is 122 Å². The summed E-state index contributed by atoms with van der Waals surface area (Å²) in [7, 11) is 1.33. The molecule has 0 radical (unpaired) electrons. The molecule has 2 aromatic rings. The van der Waals surface area contributed by atoms with Gasteiger partial charge in [-0.3, -0.25) is 14.9 Å². The molecule has 0 atom stereocenters. The minimum atomic E-state index is -1.20. The molecule has 0 aromatic heterocycles. The molecule has 166 valence electrons. The van der Waals surface area contributed by atoms with E-state index in [4.69, 9.17) is 26.2 Å². The quantitative estimate of drug-likeness (QED) is 0.483. The number of anilines is 1. The van der Waals surface area contributed by atoms with Crippen molar-refractivity contribution in [3.8, 4) is 11.5 Å². The lowest BCUT2D eigenvalue weighted by Crippen LogP contribution is -2.54. The molecule has 3 rings (SSSR count). The average molecular weight is 459 g/mol. The third-order valence-electron chi connectivity index (χ3n) is 4.61. The van der Waals surface area contributed by atoms with Crippen LogP contribution in [0.5, 0.6) is 11.5 Å². The fraction of sp³-hybridized carbons (Fsp3) is 0.182. The van der Waals surface area contributed by atoms with Gasteiger partial charge in [0.1, 0.15) is 5.57 Å². The van der Waals surface area contributed by atoms with Crippen LogP contribution in [-0.2, 0) is 20.8 Å². The van der Waals surface area contributed by atoms with E-state index in [9.17, 15) is 19.2 Å². The van der Waals surface area contributed by atoms with E-state index in [1.54, 1.807) is 24.3 Å². The SMILES string of the molecule is CCc1ccc(N2C(=O)NC(=O)/C(=C/c3cc(Cl)c(OCC(=O)O)c(OC)c3)C2=O)cc1. The zero-order valence-electron chi connectivity index (χ0n) is 17.2. The Morgan fingerprint density at radius 2 is 1.88 bits per heavy atom. The van der Waals surface area contributed by atoms with Crippen molar-refractivity contribution in [2.45, 2.75) is 13.3 Å². The van der Waals surface area contributed by atoms with Gasteiger partial charge < -0.3 is 14.6 Å². The number of carboxylic acid groups (broad SMARTS) is 1. The number of nitrogens with one attached hydrogen (secondary N) is 1. The largest absolute Gasteiger partial charge is 0.493 e. The summed E-state index contributed by atoms with van der Waals surface area (Å²) in [5, 5.41) is 11.0. The molecule has 0 saturated carbocycles. The molecule has 9 nitrogen and oxygen atoms in total. The number of carbonyl (C=O) groups excluding carboxylic acids is 3. The van der Waals surface area contributed by atoms with E-state index in [1.165, 1.54) is 25.3 Å². The summed E-state index contributed by atoms with van der Waals surface area (Å²) in [6.07, 6.45) is 2.05. The molecule has 2 N–H and O–H groups in total. The number of carboxylic acids is 1. The van der Waals surface area contributed by atoms with Crippen LogP contribution < -0.4 is 19.7 Å². The van der Waals surface area contributed by atoms with E-state index in [1.807, 2.05) is 6.92 Å². The Balaban J connectivity index is 1.98. The van der Waals surface area contributed by atoms with Crippen LogP contribution in [0.4, 0.5) is 10.5 Å². The standard InChI is InChI=1S/C22H19ClN2O7/c1-3-12-4-6-14(7-5-12)25-21(29)15(20(28)24-22(25)30)8-13-9-16(23)19(17(10-13)31-2)32-11-18(26)27/h4-10H,3,11H2,1-2H3,(H,26,27)(H,24,28,30)/b15-8-. The Hall–Kier alpha value is -3.85. The summed E-state index contributed by atoms with van der Waals surface area (Å²) in [6.45, 7) is 1.34. The fourth-order valence-corrected chi connectivity index (χ4v) is 3.31. The number of nitrogens with zero attached hydrogens (tertiary/aromatic N) is 1. The summed E-state index contributed by atoms with van der Waals surface area (Å²) < 4.78 is 10.3. The molecular formula is C22H19ClN2O7. The van der Waals surface area contributed by atoms with Crippen molar-refractivity contribution in [3.63, 3.8) is 0 Å². The van der Waals surface area contributed by atoms with Gasteiger partial charge in [-0.2, -0.15) is 0 Å². The molecule has 4 amide bonds. The van der Waals surface area contributed by atoms with Crippen molar-refractivity contribution in [3.05, 3.63) is 58.1 Å². The number of ether oxygens (including phenoxy) is 2. The Morgan fingerprint density at radius 1 is 1.19 bits per heavy atom. The number of urea groups is 1. The summed E-state index contributed by atoms with van der Waals surface area (Å²) in [6, 6.07) is 8.77. The Bertz CT molecular complexity index is 1130. The summed E-state index contributed by atoms with van der Waals surface area (Å²) in [4.78, 5) is 49.4. The highest BCUT2D eigenvalue weighted by molar-refractivity contribution is 6.39. The van der Waals surface area contributed by atoms with Gasteiger partial charge in [0.05, 0.1) is 17.8 Å². The second kappa shape index (κ2) is 9.52. The number of methoxy groups -OCH3 is 1. The lowest BCUT2D eigenvalue weighted by molar-refractivity contribution is -0.139. The van der Waals surface area contributed by atoms with E-state index >= 15 is 0 Å². The van der Waals surface area contributed by atoms with E-state index < -0.39 is 30.4 Å². The number of aliphatic carboxylic acids is 1. The number of aryl methyl sites for hydroxylation is 1. The Kier molecular flexibility index (Phi) is 6.79. The van der Waals surface area contributed by atoms with Gasteiger partial charge in [-0.25, -0.2) is 14.5 Å². The number of barbiturate groups is 1. The van der Waals surface area contributed by atoms with Gasteiger partial charge in [-0.1, -0.05) is 30.7 Å². The first kappa shape index (κ1) is 22.8. The highest BCUT2D eigenvalue weighted by atomic mass is 35.5. The van der Waals surface area contributed by atoms with E-state index in [0.29, 0.717) is 11.3 Å². The number of halogens is 1.